The molecule has 1 saturated heterocycles. The summed E-state index contributed by atoms with van der Waals surface area (Å²) in [5.74, 6) is 2.46. The van der Waals surface area contributed by atoms with Gasteiger partial charge in [0.1, 0.15) is 23.9 Å². The van der Waals surface area contributed by atoms with Crippen LogP contribution in [0.3, 0.4) is 0 Å². The third-order valence-electron chi connectivity index (χ3n) is 5.90. The fraction of sp³-hybridized carbons (Fsp3) is 0.259. The van der Waals surface area contributed by atoms with Gasteiger partial charge in [-0.2, -0.15) is 0 Å². The van der Waals surface area contributed by atoms with Crippen LogP contribution in [0.2, 0.25) is 0 Å². The van der Waals surface area contributed by atoms with E-state index in [2.05, 4.69) is 23.1 Å². The molecule has 34 heavy (non-hydrogen) atoms. The standard InChI is InChI=1S/C27H27NO4S.ClH/c1-30-24-18-23(29)25(17-22(24)27-16-19-6-2-3-7-26(19)33-27)32-21-10-8-20(9-11-21)31-15-14-28-12-4-5-13-28;/h2-3,6-11,16-18,29H,4-5,12-15H2,1H3;1H. The average Bonchev–Trinajstić information content (AvgIpc) is 3.51. The van der Waals surface area contributed by atoms with Crippen molar-refractivity contribution in [3.8, 4) is 39.2 Å². The molecule has 1 aliphatic heterocycles. The minimum absolute atomic E-state index is 0. The van der Waals surface area contributed by atoms with Crippen LogP contribution >= 0.6 is 23.7 Å². The van der Waals surface area contributed by atoms with Gasteiger partial charge in [0.15, 0.2) is 11.5 Å². The molecule has 3 aromatic carbocycles. The molecule has 0 atom stereocenters. The summed E-state index contributed by atoms with van der Waals surface area (Å²) in [7, 11) is 1.61. The van der Waals surface area contributed by atoms with Gasteiger partial charge in [0, 0.05) is 27.8 Å². The third kappa shape index (κ3) is 5.41. The van der Waals surface area contributed by atoms with Crippen LogP contribution in [-0.4, -0.2) is 43.4 Å². The van der Waals surface area contributed by atoms with Crippen molar-refractivity contribution < 1.29 is 19.3 Å². The van der Waals surface area contributed by atoms with E-state index < -0.39 is 0 Å². The first-order valence-corrected chi connectivity index (χ1v) is 12.0. The molecular weight excluding hydrogens is 470 g/mol. The van der Waals surface area contributed by atoms with E-state index in [9.17, 15) is 5.11 Å². The summed E-state index contributed by atoms with van der Waals surface area (Å²) in [4.78, 5) is 3.48. The fourth-order valence-corrected chi connectivity index (χ4v) is 5.22. The Morgan fingerprint density at radius 2 is 1.65 bits per heavy atom. The van der Waals surface area contributed by atoms with Crippen molar-refractivity contribution in [2.24, 2.45) is 0 Å². The van der Waals surface area contributed by atoms with Gasteiger partial charge in [0.05, 0.1) is 7.11 Å². The lowest BCUT2D eigenvalue weighted by Gasteiger charge is -2.15. The monoisotopic (exact) mass is 497 g/mol. The summed E-state index contributed by atoms with van der Waals surface area (Å²) in [6.07, 6.45) is 2.57. The molecule has 1 N–H and O–H groups in total. The van der Waals surface area contributed by atoms with Crippen molar-refractivity contribution in [3.63, 3.8) is 0 Å². The van der Waals surface area contributed by atoms with Gasteiger partial charge in [-0.1, -0.05) is 18.2 Å². The van der Waals surface area contributed by atoms with Crippen molar-refractivity contribution in [1.29, 1.82) is 0 Å². The van der Waals surface area contributed by atoms with Gasteiger partial charge >= 0.3 is 0 Å². The summed E-state index contributed by atoms with van der Waals surface area (Å²) in [6.45, 7) is 3.98. The lowest BCUT2D eigenvalue weighted by atomic mass is 10.1. The topological polar surface area (TPSA) is 51.2 Å². The van der Waals surface area contributed by atoms with Gasteiger partial charge in [0.25, 0.3) is 0 Å². The molecule has 0 saturated carbocycles. The molecule has 0 spiro atoms. The zero-order valence-electron chi connectivity index (χ0n) is 19.0. The molecule has 1 fully saturated rings. The fourth-order valence-electron chi connectivity index (χ4n) is 4.14. The number of likely N-dealkylation sites (tertiary alicyclic amines) is 1. The zero-order valence-corrected chi connectivity index (χ0v) is 20.7. The Kier molecular flexibility index (Phi) is 7.83. The smallest absolute Gasteiger partial charge is 0.169 e. The first-order chi connectivity index (χ1) is 16.2. The van der Waals surface area contributed by atoms with E-state index in [4.69, 9.17) is 14.2 Å². The van der Waals surface area contributed by atoms with Crippen LogP contribution in [0.4, 0.5) is 0 Å². The maximum absolute atomic E-state index is 10.5. The molecule has 178 valence electrons. The number of nitrogens with zero attached hydrogens (tertiary/aromatic N) is 1. The van der Waals surface area contributed by atoms with Crippen LogP contribution in [0.5, 0.6) is 28.7 Å². The van der Waals surface area contributed by atoms with E-state index >= 15 is 0 Å². The Bertz CT molecular complexity index is 1200. The Morgan fingerprint density at radius 1 is 0.912 bits per heavy atom. The van der Waals surface area contributed by atoms with Crippen LogP contribution in [0.1, 0.15) is 12.8 Å². The second-order valence-corrected chi connectivity index (χ2v) is 9.22. The number of aromatic hydroxyl groups is 1. The van der Waals surface area contributed by atoms with E-state index in [1.54, 1.807) is 24.5 Å². The maximum atomic E-state index is 10.5. The number of halogens is 1. The number of fused-ring (bicyclic) bond motifs is 1. The van der Waals surface area contributed by atoms with Gasteiger partial charge < -0.3 is 19.3 Å². The molecule has 0 unspecified atom stereocenters. The van der Waals surface area contributed by atoms with Gasteiger partial charge in [-0.25, -0.2) is 0 Å². The molecule has 0 bridgehead atoms. The number of methoxy groups -OCH3 is 1. The Hall–Kier alpha value is -2.93. The van der Waals surface area contributed by atoms with E-state index in [-0.39, 0.29) is 18.2 Å². The predicted molar refractivity (Wildman–Crippen MR) is 140 cm³/mol. The van der Waals surface area contributed by atoms with Gasteiger partial charge in [-0.05, 0) is 73.8 Å². The lowest BCUT2D eigenvalue weighted by molar-refractivity contribution is 0.237. The van der Waals surface area contributed by atoms with Gasteiger partial charge in [-0.15, -0.1) is 23.7 Å². The van der Waals surface area contributed by atoms with Crippen LogP contribution in [-0.2, 0) is 0 Å². The van der Waals surface area contributed by atoms with Crippen molar-refractivity contribution in [3.05, 3.63) is 66.7 Å². The molecule has 1 aliphatic rings. The van der Waals surface area contributed by atoms with Gasteiger partial charge in [0.2, 0.25) is 0 Å². The number of benzene rings is 3. The van der Waals surface area contributed by atoms with E-state index in [0.29, 0.717) is 23.9 Å². The minimum atomic E-state index is 0. The maximum Gasteiger partial charge on any atom is 0.169 e. The number of phenolic OH excluding ortho intramolecular Hbond substituents is 1. The predicted octanol–water partition coefficient (Wildman–Crippen LogP) is 6.97. The summed E-state index contributed by atoms with van der Waals surface area (Å²) in [6, 6.07) is 21.3. The lowest BCUT2D eigenvalue weighted by Crippen LogP contribution is -2.25. The SMILES string of the molecule is COc1cc(O)c(Oc2ccc(OCCN3CCCC3)cc2)cc1-c1cc2ccccc2s1.Cl. The Labute approximate surface area is 209 Å². The Balaban J connectivity index is 0.00000274. The molecule has 0 amide bonds. The highest BCUT2D eigenvalue weighted by Gasteiger charge is 2.16. The van der Waals surface area contributed by atoms with Crippen molar-refractivity contribution in [1.82, 2.24) is 4.90 Å². The molecule has 4 aromatic rings. The number of phenols is 1. The molecule has 0 aliphatic carbocycles. The summed E-state index contributed by atoms with van der Waals surface area (Å²) < 4.78 is 18.6. The molecule has 1 aromatic heterocycles. The third-order valence-corrected chi connectivity index (χ3v) is 7.05. The number of hydrogen-bond acceptors (Lipinski definition) is 6. The normalized spacial score (nSPS) is 13.6. The highest BCUT2D eigenvalue weighted by Crippen LogP contribution is 2.44. The highest BCUT2D eigenvalue weighted by atomic mass is 35.5. The Morgan fingerprint density at radius 3 is 2.38 bits per heavy atom. The van der Waals surface area contributed by atoms with Crippen molar-refractivity contribution in [2.45, 2.75) is 12.8 Å². The molecule has 5 rings (SSSR count). The highest BCUT2D eigenvalue weighted by molar-refractivity contribution is 7.22. The number of hydrogen-bond donors (Lipinski definition) is 1. The second-order valence-electron chi connectivity index (χ2n) is 8.14. The second kappa shape index (κ2) is 11.0. The van der Waals surface area contributed by atoms with Crippen molar-refractivity contribution in [2.75, 3.05) is 33.4 Å². The first-order valence-electron chi connectivity index (χ1n) is 11.2. The van der Waals surface area contributed by atoms with Crippen LogP contribution in [0.15, 0.2) is 66.7 Å². The number of ether oxygens (including phenoxy) is 3. The quantitative estimate of drug-likeness (QED) is 0.285. The largest absolute Gasteiger partial charge is 0.504 e. The molecule has 2 heterocycles. The summed E-state index contributed by atoms with van der Waals surface area (Å²) in [5, 5.41) is 11.7. The molecule has 0 radical (unpaired) electrons. The first kappa shape index (κ1) is 24.2. The van der Waals surface area contributed by atoms with E-state index in [1.165, 1.54) is 36.0 Å². The molecule has 7 heteroatoms. The minimum Gasteiger partial charge on any atom is -0.504 e. The van der Waals surface area contributed by atoms with E-state index in [0.717, 1.165) is 22.7 Å². The van der Waals surface area contributed by atoms with Crippen LogP contribution in [0, 0.1) is 0 Å². The molecular formula is C27H28ClNO4S. The zero-order chi connectivity index (χ0) is 22.6. The number of thiophene rings is 1. The van der Waals surface area contributed by atoms with Gasteiger partial charge in [-0.3, -0.25) is 4.90 Å². The summed E-state index contributed by atoms with van der Waals surface area (Å²) in [5.41, 5.74) is 0.883. The number of rotatable bonds is 8. The van der Waals surface area contributed by atoms with Crippen LogP contribution in [0.25, 0.3) is 20.5 Å². The van der Waals surface area contributed by atoms with Crippen molar-refractivity contribution >= 4 is 33.8 Å². The van der Waals surface area contributed by atoms with E-state index in [1.807, 2.05) is 42.5 Å². The molecule has 5 nitrogen and oxygen atoms in total. The average molecular weight is 498 g/mol. The van der Waals surface area contributed by atoms with Crippen LogP contribution < -0.4 is 14.2 Å². The summed E-state index contributed by atoms with van der Waals surface area (Å²) >= 11 is 1.68.